The zero-order chi connectivity index (χ0) is 28.7. The van der Waals surface area contributed by atoms with E-state index in [0.29, 0.717) is 6.42 Å². The molecule has 3 atom stereocenters. The van der Waals surface area contributed by atoms with Gasteiger partial charge in [0.05, 0.1) is 18.8 Å². The minimum Gasteiger partial charge on any atom is -0.392 e. The minimum absolute atomic E-state index is 0.00824. The topological polar surface area (TPSA) is 106 Å². The number of aryl methyl sites for hydroxylation is 1. The first-order valence-electron chi connectivity index (χ1n) is 15.0. The van der Waals surface area contributed by atoms with Crippen molar-refractivity contribution >= 4 is 34.8 Å². The second-order valence-electron chi connectivity index (χ2n) is 12.7. The number of nitrogens with zero attached hydrogens (tertiary/aromatic N) is 2. The maximum absolute atomic E-state index is 13.2. The van der Waals surface area contributed by atoms with E-state index in [0.717, 1.165) is 74.5 Å². The van der Waals surface area contributed by atoms with E-state index >= 15 is 0 Å². The van der Waals surface area contributed by atoms with Crippen LogP contribution in [0.4, 0.5) is 10.5 Å². The maximum atomic E-state index is 13.2. The summed E-state index contributed by atoms with van der Waals surface area (Å²) in [7, 11) is 0. The summed E-state index contributed by atoms with van der Waals surface area (Å²) in [5.41, 5.74) is 3.46. The Balaban J connectivity index is 1.05. The number of aliphatic hydroxyl groups is 1. The van der Waals surface area contributed by atoms with Crippen LogP contribution in [0.1, 0.15) is 79.0 Å². The molecule has 10 heteroatoms. The van der Waals surface area contributed by atoms with Crippen molar-refractivity contribution in [3.8, 4) is 0 Å². The van der Waals surface area contributed by atoms with E-state index in [1.807, 2.05) is 55.5 Å². The van der Waals surface area contributed by atoms with E-state index in [9.17, 15) is 9.90 Å². The van der Waals surface area contributed by atoms with Gasteiger partial charge in [-0.25, -0.2) is 4.79 Å². The van der Waals surface area contributed by atoms with Gasteiger partial charge < -0.3 is 25.2 Å². The first-order valence-corrected chi connectivity index (χ1v) is 16.8. The predicted molar refractivity (Wildman–Crippen MR) is 163 cm³/mol. The van der Waals surface area contributed by atoms with Crippen molar-refractivity contribution in [3.05, 3.63) is 70.2 Å². The lowest BCUT2D eigenvalue weighted by molar-refractivity contribution is -0.245. The Morgan fingerprint density at radius 1 is 1.00 bits per heavy atom. The van der Waals surface area contributed by atoms with Crippen LogP contribution in [0.15, 0.2) is 52.9 Å². The number of aromatic nitrogens is 2. The molecule has 222 valence electrons. The van der Waals surface area contributed by atoms with E-state index in [4.69, 9.17) is 9.47 Å². The quantitative estimate of drug-likeness (QED) is 0.243. The molecule has 3 aromatic rings. The zero-order valence-corrected chi connectivity index (χ0v) is 25.5. The molecular weight excluding hydrogens is 569 g/mol. The summed E-state index contributed by atoms with van der Waals surface area (Å²) in [5.74, 6) is 3.05. The van der Waals surface area contributed by atoms with Crippen molar-refractivity contribution < 1.29 is 19.4 Å². The van der Waals surface area contributed by atoms with Gasteiger partial charge in [0.2, 0.25) is 0 Å². The summed E-state index contributed by atoms with van der Waals surface area (Å²) < 4.78 is 13.9. The number of anilines is 1. The molecule has 4 aliphatic carbocycles. The minimum atomic E-state index is -0.587. The van der Waals surface area contributed by atoms with Gasteiger partial charge in [-0.15, -0.1) is 10.2 Å². The number of ether oxygens (including phenoxy) is 2. The fraction of sp³-hybridized carbons (Fsp3) is 0.531. The average Bonchev–Trinajstić information content (AvgIpc) is 3.40. The SMILES string of the molecule is Cc1nnc(SC[C@@H]2C[C@H](c3ccc(CO)cc3)O[C@H](c3cccc(NC(=O)NC45CC6CC(CC(C6)C4)C5)c3)O2)s1. The van der Waals surface area contributed by atoms with Gasteiger partial charge in [-0.2, -0.15) is 0 Å². The van der Waals surface area contributed by atoms with Crippen molar-refractivity contribution in [3.63, 3.8) is 0 Å². The second-order valence-corrected chi connectivity index (χ2v) is 15.1. The summed E-state index contributed by atoms with van der Waals surface area (Å²) >= 11 is 3.24. The normalized spacial score (nSPS) is 31.7. The summed E-state index contributed by atoms with van der Waals surface area (Å²) in [6.45, 7) is 1.97. The number of aliphatic hydroxyl groups excluding tert-OH is 1. The molecule has 1 aliphatic heterocycles. The van der Waals surface area contributed by atoms with E-state index in [-0.39, 0.29) is 30.4 Å². The standard InChI is InChI=1S/C32H38N4O4S2/c1-19-35-36-31(42-19)41-18-27-13-28(24-7-5-20(17-37)6-8-24)40-29(39-27)25-3-2-4-26(12-25)33-30(38)34-32-14-21-9-22(15-32)11-23(10-21)16-32/h2-8,12,21-23,27-29,37H,9-11,13-18H2,1H3,(H2,33,34,38)/t21?,22?,23?,27-,28+,29+,32?/m0/s1. The monoisotopic (exact) mass is 606 g/mol. The molecule has 0 unspecified atom stereocenters. The molecule has 0 spiro atoms. The number of amides is 2. The van der Waals surface area contributed by atoms with Crippen LogP contribution >= 0.6 is 23.1 Å². The van der Waals surface area contributed by atoms with Crippen LogP contribution in [0.2, 0.25) is 0 Å². The molecule has 2 amide bonds. The number of nitrogens with one attached hydrogen (secondary N) is 2. The van der Waals surface area contributed by atoms with Gasteiger partial charge in [0.25, 0.3) is 0 Å². The van der Waals surface area contributed by atoms with E-state index in [2.05, 4.69) is 20.8 Å². The molecule has 1 saturated heterocycles. The van der Waals surface area contributed by atoms with E-state index in [1.54, 1.807) is 23.1 Å². The molecule has 8 nitrogen and oxygen atoms in total. The van der Waals surface area contributed by atoms with Gasteiger partial charge in [0, 0.05) is 29.0 Å². The molecule has 4 saturated carbocycles. The molecule has 5 fully saturated rings. The molecule has 2 aromatic carbocycles. The highest BCUT2D eigenvalue weighted by atomic mass is 32.2. The van der Waals surface area contributed by atoms with Gasteiger partial charge in [0.1, 0.15) is 5.01 Å². The Kier molecular flexibility index (Phi) is 8.00. The van der Waals surface area contributed by atoms with Gasteiger partial charge >= 0.3 is 6.03 Å². The Morgan fingerprint density at radius 2 is 1.74 bits per heavy atom. The van der Waals surface area contributed by atoms with Crippen LogP contribution in [-0.2, 0) is 16.1 Å². The molecule has 1 aromatic heterocycles. The highest BCUT2D eigenvalue weighted by Crippen LogP contribution is 2.55. The number of carbonyl (C=O) groups is 1. The summed E-state index contributed by atoms with van der Waals surface area (Å²) in [6, 6.07) is 15.6. The van der Waals surface area contributed by atoms with Crippen LogP contribution in [0.5, 0.6) is 0 Å². The number of urea groups is 1. The molecule has 3 N–H and O–H groups in total. The fourth-order valence-corrected chi connectivity index (χ4v) is 9.81. The lowest BCUT2D eigenvalue weighted by Gasteiger charge is -2.56. The second kappa shape index (κ2) is 11.9. The molecular formula is C32H38N4O4S2. The molecule has 42 heavy (non-hydrogen) atoms. The first kappa shape index (κ1) is 28.3. The van der Waals surface area contributed by atoms with Crippen molar-refractivity contribution in [2.75, 3.05) is 11.1 Å². The molecule has 2 heterocycles. The van der Waals surface area contributed by atoms with Gasteiger partial charge in [-0.05, 0) is 86.5 Å². The van der Waals surface area contributed by atoms with Crippen LogP contribution in [0.25, 0.3) is 0 Å². The number of carbonyl (C=O) groups excluding carboxylic acids is 1. The third-order valence-corrected chi connectivity index (χ3v) is 11.5. The Morgan fingerprint density at radius 3 is 2.40 bits per heavy atom. The zero-order valence-electron chi connectivity index (χ0n) is 23.8. The van der Waals surface area contributed by atoms with Crippen LogP contribution in [0, 0.1) is 24.7 Å². The predicted octanol–water partition coefficient (Wildman–Crippen LogP) is 6.77. The van der Waals surface area contributed by atoms with Gasteiger partial charge in [-0.3, -0.25) is 0 Å². The lowest BCUT2D eigenvalue weighted by atomic mass is 9.53. The largest absolute Gasteiger partial charge is 0.392 e. The van der Waals surface area contributed by atoms with Crippen molar-refractivity contribution in [1.29, 1.82) is 0 Å². The van der Waals surface area contributed by atoms with Gasteiger partial charge in [-0.1, -0.05) is 59.5 Å². The molecule has 4 bridgehead atoms. The Bertz CT molecular complexity index is 1380. The van der Waals surface area contributed by atoms with E-state index < -0.39 is 6.29 Å². The maximum Gasteiger partial charge on any atom is 0.319 e. The van der Waals surface area contributed by atoms with Crippen LogP contribution in [-0.4, -0.2) is 38.7 Å². The van der Waals surface area contributed by atoms with Gasteiger partial charge in [0.15, 0.2) is 10.6 Å². The van der Waals surface area contributed by atoms with Crippen LogP contribution in [0.3, 0.4) is 0 Å². The Hall–Kier alpha value is -2.50. The van der Waals surface area contributed by atoms with Crippen LogP contribution < -0.4 is 10.6 Å². The number of hydrogen-bond donors (Lipinski definition) is 3. The fourth-order valence-electron chi connectivity index (χ4n) is 7.95. The average molecular weight is 607 g/mol. The lowest BCUT2D eigenvalue weighted by Crippen LogP contribution is -2.60. The highest BCUT2D eigenvalue weighted by Gasteiger charge is 2.51. The number of hydrogen-bond acceptors (Lipinski definition) is 8. The highest BCUT2D eigenvalue weighted by molar-refractivity contribution is 8.01. The third-order valence-electron chi connectivity index (χ3n) is 9.35. The smallest absolute Gasteiger partial charge is 0.319 e. The molecule has 0 radical (unpaired) electrons. The first-order chi connectivity index (χ1) is 20.4. The summed E-state index contributed by atoms with van der Waals surface area (Å²) in [6.07, 6.45) is 7.26. The van der Waals surface area contributed by atoms with E-state index in [1.165, 1.54) is 19.3 Å². The number of thioether (sulfide) groups is 1. The summed E-state index contributed by atoms with van der Waals surface area (Å²) in [5, 5.41) is 25.3. The van der Waals surface area contributed by atoms with Crippen molar-refractivity contribution in [2.24, 2.45) is 17.8 Å². The summed E-state index contributed by atoms with van der Waals surface area (Å²) in [4.78, 5) is 13.2. The van der Waals surface area contributed by atoms with Crippen molar-refractivity contribution in [1.82, 2.24) is 15.5 Å². The number of benzene rings is 2. The molecule has 8 rings (SSSR count). The Labute approximate surface area is 255 Å². The van der Waals surface area contributed by atoms with Crippen molar-refractivity contribution in [2.45, 2.75) is 86.9 Å². The molecule has 5 aliphatic rings. The number of rotatable bonds is 8. The third kappa shape index (κ3) is 6.24.